The molecule has 1 aliphatic rings. The van der Waals surface area contributed by atoms with E-state index in [1.807, 2.05) is 27.9 Å². The molecular weight excluding hydrogens is 270 g/mol. The van der Waals surface area contributed by atoms with E-state index in [9.17, 15) is 14.7 Å². The predicted octanol–water partition coefficient (Wildman–Crippen LogP) is 1.61. The van der Waals surface area contributed by atoms with Gasteiger partial charge in [-0.25, -0.2) is 4.79 Å². The topological polar surface area (TPSA) is 72.9 Å². The number of nitrogens with one attached hydrogen (secondary N) is 1. The third-order valence-corrected chi connectivity index (χ3v) is 4.52. The summed E-state index contributed by atoms with van der Waals surface area (Å²) in [6.07, 6.45) is 2.61. The molecule has 1 unspecified atom stereocenters. The smallest absolute Gasteiger partial charge is 0.317 e. The zero-order valence-corrected chi connectivity index (χ0v) is 13.7. The van der Waals surface area contributed by atoms with Crippen LogP contribution in [0.15, 0.2) is 0 Å². The first-order valence-electron chi connectivity index (χ1n) is 7.74. The van der Waals surface area contributed by atoms with Crippen LogP contribution in [0, 0.1) is 5.41 Å². The first-order chi connectivity index (χ1) is 9.80. The summed E-state index contributed by atoms with van der Waals surface area (Å²) in [7, 11) is 4.02. The van der Waals surface area contributed by atoms with Crippen LogP contribution in [-0.4, -0.2) is 66.7 Å². The van der Waals surface area contributed by atoms with E-state index in [1.165, 1.54) is 0 Å². The van der Waals surface area contributed by atoms with Crippen molar-refractivity contribution in [3.63, 3.8) is 0 Å². The summed E-state index contributed by atoms with van der Waals surface area (Å²) in [5, 5.41) is 12.3. The van der Waals surface area contributed by atoms with E-state index in [0.29, 0.717) is 32.4 Å². The van der Waals surface area contributed by atoms with Gasteiger partial charge in [0.05, 0.1) is 5.41 Å². The molecule has 0 saturated carbocycles. The van der Waals surface area contributed by atoms with Crippen LogP contribution < -0.4 is 5.32 Å². The Hall–Kier alpha value is -1.30. The Morgan fingerprint density at radius 3 is 2.33 bits per heavy atom. The monoisotopic (exact) mass is 299 g/mol. The van der Waals surface area contributed by atoms with Crippen molar-refractivity contribution in [1.82, 2.24) is 15.1 Å². The first-order valence-corrected chi connectivity index (χ1v) is 7.74. The maximum atomic E-state index is 12.2. The van der Waals surface area contributed by atoms with Crippen molar-refractivity contribution in [2.45, 2.75) is 45.6 Å². The molecular formula is C15H29N3O3. The van der Waals surface area contributed by atoms with Crippen molar-refractivity contribution >= 4 is 12.0 Å². The lowest BCUT2D eigenvalue weighted by Gasteiger charge is -2.38. The molecule has 1 saturated heterocycles. The van der Waals surface area contributed by atoms with Gasteiger partial charge in [-0.3, -0.25) is 4.79 Å². The molecule has 0 aromatic rings. The van der Waals surface area contributed by atoms with Crippen LogP contribution in [0.2, 0.25) is 0 Å². The number of urea groups is 1. The summed E-state index contributed by atoms with van der Waals surface area (Å²) >= 11 is 0. The van der Waals surface area contributed by atoms with Crippen LogP contribution in [0.1, 0.15) is 39.5 Å². The Bertz CT molecular complexity index is 363. The van der Waals surface area contributed by atoms with Gasteiger partial charge in [0.15, 0.2) is 0 Å². The molecule has 0 spiro atoms. The van der Waals surface area contributed by atoms with Crippen LogP contribution >= 0.6 is 0 Å². The molecule has 6 nitrogen and oxygen atoms in total. The van der Waals surface area contributed by atoms with E-state index < -0.39 is 11.4 Å². The number of rotatable bonds is 6. The van der Waals surface area contributed by atoms with E-state index in [2.05, 4.69) is 10.2 Å². The quantitative estimate of drug-likeness (QED) is 0.781. The molecule has 122 valence electrons. The molecule has 1 fully saturated rings. The highest BCUT2D eigenvalue weighted by atomic mass is 16.4. The van der Waals surface area contributed by atoms with Gasteiger partial charge < -0.3 is 20.2 Å². The Morgan fingerprint density at radius 1 is 1.33 bits per heavy atom. The van der Waals surface area contributed by atoms with Gasteiger partial charge in [-0.15, -0.1) is 0 Å². The van der Waals surface area contributed by atoms with Crippen LogP contribution in [0.4, 0.5) is 4.79 Å². The number of likely N-dealkylation sites (tertiary alicyclic amines) is 1. The number of carboxylic acid groups (broad SMARTS) is 1. The molecule has 0 bridgehead atoms. The summed E-state index contributed by atoms with van der Waals surface area (Å²) in [6.45, 7) is 5.88. The lowest BCUT2D eigenvalue weighted by Crippen LogP contribution is -2.51. The average Bonchev–Trinajstić information content (AvgIpc) is 2.44. The van der Waals surface area contributed by atoms with Crippen molar-refractivity contribution in [3.8, 4) is 0 Å². The zero-order valence-electron chi connectivity index (χ0n) is 13.7. The summed E-state index contributed by atoms with van der Waals surface area (Å²) in [6, 6.07) is 0.0496. The van der Waals surface area contributed by atoms with Crippen molar-refractivity contribution in [2.75, 3.05) is 33.7 Å². The number of aliphatic carboxylic acids is 1. The second kappa shape index (κ2) is 7.64. The van der Waals surface area contributed by atoms with Crippen LogP contribution in [0.3, 0.4) is 0 Å². The van der Waals surface area contributed by atoms with Crippen molar-refractivity contribution in [2.24, 2.45) is 5.41 Å². The Kier molecular flexibility index (Phi) is 6.45. The average molecular weight is 299 g/mol. The molecule has 2 amide bonds. The number of carbonyl (C=O) groups excluding carboxylic acids is 1. The van der Waals surface area contributed by atoms with Crippen molar-refractivity contribution < 1.29 is 14.7 Å². The predicted molar refractivity (Wildman–Crippen MR) is 82.3 cm³/mol. The van der Waals surface area contributed by atoms with Gasteiger partial charge in [-0.2, -0.15) is 0 Å². The van der Waals surface area contributed by atoms with E-state index in [0.717, 1.165) is 13.0 Å². The second-order valence-electron chi connectivity index (χ2n) is 6.37. The molecule has 1 atom stereocenters. The Morgan fingerprint density at radius 2 is 1.90 bits per heavy atom. The fourth-order valence-corrected chi connectivity index (χ4v) is 2.68. The normalized spacial score (nSPS) is 19.4. The molecule has 0 radical (unpaired) electrons. The maximum Gasteiger partial charge on any atom is 0.317 e. The van der Waals surface area contributed by atoms with Crippen LogP contribution in [0.25, 0.3) is 0 Å². The molecule has 1 rings (SSSR count). The number of hydrogen-bond acceptors (Lipinski definition) is 3. The number of nitrogens with zero attached hydrogens (tertiary/aromatic N) is 2. The number of carbonyl (C=O) groups is 2. The fraction of sp³-hybridized carbons (Fsp3) is 0.867. The third kappa shape index (κ3) is 4.88. The molecule has 0 aliphatic carbocycles. The molecule has 0 aromatic heterocycles. The van der Waals surface area contributed by atoms with Crippen LogP contribution in [-0.2, 0) is 4.79 Å². The zero-order chi connectivity index (χ0) is 16.0. The lowest BCUT2D eigenvalue weighted by molar-refractivity contribution is -0.151. The number of piperidine rings is 1. The van der Waals surface area contributed by atoms with Crippen molar-refractivity contribution in [3.05, 3.63) is 0 Å². The Labute approximate surface area is 127 Å². The van der Waals surface area contributed by atoms with Gasteiger partial charge in [-0.05, 0) is 53.2 Å². The van der Waals surface area contributed by atoms with Gasteiger partial charge in [0.1, 0.15) is 0 Å². The van der Waals surface area contributed by atoms with E-state index >= 15 is 0 Å². The summed E-state index contributed by atoms with van der Waals surface area (Å²) in [5.41, 5.74) is -0.646. The highest BCUT2D eigenvalue weighted by molar-refractivity contribution is 5.77. The summed E-state index contributed by atoms with van der Waals surface area (Å²) in [5.74, 6) is -0.732. The first kappa shape index (κ1) is 17.8. The molecule has 1 heterocycles. The minimum absolute atomic E-state index is 0.0728. The largest absolute Gasteiger partial charge is 0.481 e. The molecule has 21 heavy (non-hydrogen) atoms. The molecule has 0 aromatic carbocycles. The number of carboxylic acids is 1. The lowest BCUT2D eigenvalue weighted by atomic mass is 9.76. The second-order valence-corrected chi connectivity index (χ2v) is 6.37. The summed E-state index contributed by atoms with van der Waals surface area (Å²) < 4.78 is 0. The highest BCUT2D eigenvalue weighted by Crippen LogP contribution is 2.35. The SMILES string of the molecule is CCC1(C(=O)O)CCN(C(=O)NC(C)CCN(C)C)CC1. The van der Waals surface area contributed by atoms with E-state index in [1.54, 1.807) is 4.90 Å². The standard InChI is InChI=1S/C15H29N3O3/c1-5-15(13(19)20)7-10-18(11-8-15)14(21)16-12(2)6-9-17(3)4/h12H,5-11H2,1-4H3,(H,16,21)(H,19,20). The van der Waals surface area contributed by atoms with Crippen molar-refractivity contribution in [1.29, 1.82) is 0 Å². The molecule has 6 heteroatoms. The van der Waals surface area contributed by atoms with Gasteiger partial charge in [0.25, 0.3) is 0 Å². The third-order valence-electron chi connectivity index (χ3n) is 4.52. The van der Waals surface area contributed by atoms with Gasteiger partial charge in [-0.1, -0.05) is 6.92 Å². The van der Waals surface area contributed by atoms with Gasteiger partial charge in [0, 0.05) is 19.1 Å². The number of amides is 2. The van der Waals surface area contributed by atoms with Crippen LogP contribution in [0.5, 0.6) is 0 Å². The molecule has 2 N–H and O–H groups in total. The van der Waals surface area contributed by atoms with E-state index in [4.69, 9.17) is 0 Å². The van der Waals surface area contributed by atoms with Gasteiger partial charge >= 0.3 is 12.0 Å². The van der Waals surface area contributed by atoms with E-state index in [-0.39, 0.29) is 12.1 Å². The Balaban J connectivity index is 2.43. The highest BCUT2D eigenvalue weighted by Gasteiger charge is 2.40. The maximum absolute atomic E-state index is 12.2. The fourth-order valence-electron chi connectivity index (χ4n) is 2.68. The minimum atomic E-state index is -0.732. The summed E-state index contributed by atoms with van der Waals surface area (Å²) in [4.78, 5) is 27.4. The number of hydrogen-bond donors (Lipinski definition) is 2. The minimum Gasteiger partial charge on any atom is -0.481 e. The van der Waals surface area contributed by atoms with Gasteiger partial charge in [0.2, 0.25) is 0 Å². The molecule has 1 aliphatic heterocycles.